The van der Waals surface area contributed by atoms with Gasteiger partial charge in [-0.15, -0.1) is 0 Å². The summed E-state index contributed by atoms with van der Waals surface area (Å²) in [5.41, 5.74) is 1.65. The Balaban J connectivity index is 2.10. The minimum atomic E-state index is -0.417. The summed E-state index contributed by atoms with van der Waals surface area (Å²) in [5.74, 6) is 0. The molecule has 0 spiro atoms. The predicted octanol–water partition coefficient (Wildman–Crippen LogP) is 4.51. The smallest absolute Gasteiger partial charge is 0.269 e. The molecule has 0 saturated carbocycles. The second-order valence-corrected chi connectivity index (χ2v) is 4.81. The van der Waals surface area contributed by atoms with Crippen molar-refractivity contribution >= 4 is 34.6 Å². The van der Waals surface area contributed by atoms with Crippen LogP contribution in [0.3, 0.4) is 0 Å². The van der Waals surface area contributed by atoms with Crippen LogP contribution >= 0.6 is 23.2 Å². The lowest BCUT2D eigenvalue weighted by Gasteiger charge is -2.07. The van der Waals surface area contributed by atoms with Gasteiger partial charge in [-0.3, -0.25) is 10.1 Å². The van der Waals surface area contributed by atoms with Gasteiger partial charge in [-0.25, -0.2) is 0 Å². The highest BCUT2D eigenvalue weighted by atomic mass is 35.5. The molecule has 0 fully saturated rings. The van der Waals surface area contributed by atoms with Crippen LogP contribution in [0.2, 0.25) is 10.0 Å². The molecular weight excluding hydrogens is 287 g/mol. The van der Waals surface area contributed by atoms with Gasteiger partial charge in [0, 0.05) is 34.4 Å². The minimum Gasteiger partial charge on any atom is -0.381 e. The van der Waals surface area contributed by atoms with Crippen LogP contribution in [0.15, 0.2) is 42.5 Å². The average Bonchev–Trinajstić information content (AvgIpc) is 2.35. The van der Waals surface area contributed by atoms with Crippen LogP contribution in [0.5, 0.6) is 0 Å². The van der Waals surface area contributed by atoms with Gasteiger partial charge in [0.1, 0.15) is 0 Å². The summed E-state index contributed by atoms with van der Waals surface area (Å²) in [7, 11) is 0. The molecule has 0 aliphatic carbocycles. The van der Waals surface area contributed by atoms with Crippen molar-refractivity contribution < 1.29 is 4.92 Å². The van der Waals surface area contributed by atoms with E-state index in [1.54, 1.807) is 24.3 Å². The van der Waals surface area contributed by atoms with Crippen LogP contribution in [0, 0.1) is 10.1 Å². The number of hydrogen-bond donors (Lipinski definition) is 1. The van der Waals surface area contributed by atoms with Gasteiger partial charge in [0.05, 0.1) is 4.92 Å². The Hall–Kier alpha value is -1.78. The number of rotatable bonds is 4. The number of non-ortho nitro benzene ring substituents is 1. The summed E-state index contributed by atoms with van der Waals surface area (Å²) in [4.78, 5) is 10.3. The summed E-state index contributed by atoms with van der Waals surface area (Å²) in [6, 6.07) is 11.6. The van der Waals surface area contributed by atoms with Crippen molar-refractivity contribution in [1.29, 1.82) is 0 Å². The number of nitro groups is 1. The SMILES string of the molecule is O=[N+]([O-])c1cccc(CNc2cc(Cl)cc(Cl)c2)c1. The lowest BCUT2D eigenvalue weighted by atomic mass is 10.2. The van der Waals surface area contributed by atoms with Crippen LogP contribution in [0.1, 0.15) is 5.56 Å². The molecule has 0 amide bonds. The highest BCUT2D eigenvalue weighted by molar-refractivity contribution is 6.35. The Morgan fingerprint density at radius 3 is 2.42 bits per heavy atom. The molecular formula is C13H10Cl2N2O2. The lowest BCUT2D eigenvalue weighted by Crippen LogP contribution is -2.00. The number of halogens is 2. The van der Waals surface area contributed by atoms with Gasteiger partial charge in [0.15, 0.2) is 0 Å². The molecule has 4 nitrogen and oxygen atoms in total. The highest BCUT2D eigenvalue weighted by Crippen LogP contribution is 2.23. The molecule has 19 heavy (non-hydrogen) atoms. The summed E-state index contributed by atoms with van der Waals surface area (Å²) >= 11 is 11.8. The third kappa shape index (κ3) is 3.84. The van der Waals surface area contributed by atoms with Gasteiger partial charge in [-0.05, 0) is 23.8 Å². The van der Waals surface area contributed by atoms with Crippen molar-refractivity contribution in [3.8, 4) is 0 Å². The minimum absolute atomic E-state index is 0.0726. The van der Waals surface area contributed by atoms with Crippen LogP contribution < -0.4 is 5.32 Å². The van der Waals surface area contributed by atoms with E-state index in [2.05, 4.69) is 5.32 Å². The fraction of sp³-hybridized carbons (Fsp3) is 0.0769. The maximum absolute atomic E-state index is 10.7. The monoisotopic (exact) mass is 296 g/mol. The zero-order chi connectivity index (χ0) is 13.8. The maximum Gasteiger partial charge on any atom is 0.269 e. The Labute approximate surface area is 120 Å². The number of anilines is 1. The van der Waals surface area contributed by atoms with Gasteiger partial charge in [-0.1, -0.05) is 35.3 Å². The van der Waals surface area contributed by atoms with E-state index < -0.39 is 4.92 Å². The molecule has 2 aromatic carbocycles. The van der Waals surface area contributed by atoms with Crippen molar-refractivity contribution in [2.45, 2.75) is 6.54 Å². The van der Waals surface area contributed by atoms with Crippen LogP contribution in [0.25, 0.3) is 0 Å². The molecule has 0 atom stereocenters. The van der Waals surface area contributed by atoms with Gasteiger partial charge >= 0.3 is 0 Å². The molecule has 0 saturated heterocycles. The lowest BCUT2D eigenvalue weighted by molar-refractivity contribution is -0.384. The Kier molecular flexibility index (Phi) is 4.24. The molecule has 2 rings (SSSR count). The first-order chi connectivity index (χ1) is 9.04. The predicted molar refractivity (Wildman–Crippen MR) is 76.9 cm³/mol. The number of nitrogens with one attached hydrogen (secondary N) is 1. The summed E-state index contributed by atoms with van der Waals surface area (Å²) < 4.78 is 0. The number of benzene rings is 2. The zero-order valence-electron chi connectivity index (χ0n) is 9.77. The molecule has 98 valence electrons. The van der Waals surface area contributed by atoms with Crippen molar-refractivity contribution in [3.63, 3.8) is 0 Å². The van der Waals surface area contributed by atoms with E-state index in [0.29, 0.717) is 16.6 Å². The summed E-state index contributed by atoms with van der Waals surface area (Å²) in [5, 5.41) is 14.9. The zero-order valence-corrected chi connectivity index (χ0v) is 11.3. The van der Waals surface area contributed by atoms with Crippen LogP contribution in [-0.2, 0) is 6.54 Å². The summed E-state index contributed by atoms with van der Waals surface area (Å²) in [6.45, 7) is 0.457. The third-order valence-corrected chi connectivity index (χ3v) is 2.92. The van der Waals surface area contributed by atoms with E-state index in [4.69, 9.17) is 23.2 Å². The van der Waals surface area contributed by atoms with Gasteiger partial charge < -0.3 is 5.32 Å². The number of nitro benzene ring substituents is 1. The first-order valence-corrected chi connectivity index (χ1v) is 6.23. The van der Waals surface area contributed by atoms with Crippen LogP contribution in [-0.4, -0.2) is 4.92 Å². The van der Waals surface area contributed by atoms with E-state index in [1.807, 2.05) is 6.07 Å². The molecule has 0 heterocycles. The quantitative estimate of drug-likeness (QED) is 0.667. The van der Waals surface area contributed by atoms with Crippen molar-refractivity contribution in [2.75, 3.05) is 5.32 Å². The fourth-order valence-corrected chi connectivity index (χ4v) is 2.17. The second kappa shape index (κ2) is 5.91. The van der Waals surface area contributed by atoms with Crippen LogP contribution in [0.4, 0.5) is 11.4 Å². The van der Waals surface area contributed by atoms with Crippen molar-refractivity contribution in [3.05, 3.63) is 68.2 Å². The molecule has 0 radical (unpaired) electrons. The highest BCUT2D eigenvalue weighted by Gasteiger charge is 2.05. The van der Waals surface area contributed by atoms with E-state index >= 15 is 0 Å². The molecule has 0 aliphatic rings. The van der Waals surface area contributed by atoms with E-state index in [-0.39, 0.29) is 5.69 Å². The topological polar surface area (TPSA) is 55.2 Å². The molecule has 0 bridgehead atoms. The largest absolute Gasteiger partial charge is 0.381 e. The van der Waals surface area contributed by atoms with E-state index in [9.17, 15) is 10.1 Å². The maximum atomic E-state index is 10.7. The molecule has 1 N–H and O–H groups in total. The Morgan fingerprint density at radius 1 is 1.11 bits per heavy atom. The molecule has 2 aromatic rings. The van der Waals surface area contributed by atoms with E-state index in [0.717, 1.165) is 11.3 Å². The molecule has 0 unspecified atom stereocenters. The summed E-state index contributed by atoms with van der Waals surface area (Å²) in [6.07, 6.45) is 0. The van der Waals surface area contributed by atoms with Gasteiger partial charge in [0.2, 0.25) is 0 Å². The Bertz CT molecular complexity index is 597. The first kappa shape index (κ1) is 13.6. The fourth-order valence-electron chi connectivity index (χ4n) is 1.64. The third-order valence-electron chi connectivity index (χ3n) is 2.48. The van der Waals surface area contributed by atoms with Gasteiger partial charge in [0.25, 0.3) is 5.69 Å². The normalized spacial score (nSPS) is 10.2. The molecule has 6 heteroatoms. The van der Waals surface area contributed by atoms with Gasteiger partial charge in [-0.2, -0.15) is 0 Å². The first-order valence-electron chi connectivity index (χ1n) is 5.48. The van der Waals surface area contributed by atoms with Crippen molar-refractivity contribution in [1.82, 2.24) is 0 Å². The standard InChI is InChI=1S/C13H10Cl2N2O2/c14-10-5-11(15)7-12(6-10)16-8-9-2-1-3-13(4-9)17(18)19/h1-7,16H,8H2. The van der Waals surface area contributed by atoms with Crippen molar-refractivity contribution in [2.24, 2.45) is 0 Å². The second-order valence-electron chi connectivity index (χ2n) is 3.94. The number of hydrogen-bond acceptors (Lipinski definition) is 3. The molecule has 0 aliphatic heterocycles. The van der Waals surface area contributed by atoms with E-state index in [1.165, 1.54) is 12.1 Å². The number of nitrogens with zero attached hydrogens (tertiary/aromatic N) is 1. The molecule has 0 aromatic heterocycles. The average molecular weight is 297 g/mol. The Morgan fingerprint density at radius 2 is 1.79 bits per heavy atom.